The minimum atomic E-state index is 0.0683. The Morgan fingerprint density at radius 2 is 2.31 bits per heavy atom. The molecular weight excluding hydrogens is 202 g/mol. The van der Waals surface area contributed by atoms with Gasteiger partial charge in [-0.2, -0.15) is 0 Å². The first kappa shape index (κ1) is 11.4. The van der Waals surface area contributed by atoms with Crippen molar-refractivity contribution in [3.63, 3.8) is 0 Å². The molecule has 1 aromatic carbocycles. The zero-order chi connectivity index (χ0) is 11.4. The van der Waals surface area contributed by atoms with E-state index in [0.29, 0.717) is 0 Å². The molecular formula is C13H19NO2. The number of ether oxygens (including phenoxy) is 2. The van der Waals surface area contributed by atoms with Crippen molar-refractivity contribution < 1.29 is 9.47 Å². The van der Waals surface area contributed by atoms with Gasteiger partial charge in [-0.1, -0.05) is 18.2 Å². The van der Waals surface area contributed by atoms with Gasteiger partial charge in [0, 0.05) is 12.6 Å². The fraction of sp³-hybridized carbons (Fsp3) is 0.538. The Kier molecular flexibility index (Phi) is 3.80. The summed E-state index contributed by atoms with van der Waals surface area (Å²) in [5, 5.41) is 0. The van der Waals surface area contributed by atoms with Gasteiger partial charge < -0.3 is 15.2 Å². The van der Waals surface area contributed by atoms with Gasteiger partial charge in [-0.3, -0.25) is 0 Å². The zero-order valence-electron chi connectivity index (χ0n) is 9.69. The summed E-state index contributed by atoms with van der Waals surface area (Å²) in [4.78, 5) is 0. The van der Waals surface area contributed by atoms with Crippen LogP contribution in [0.2, 0.25) is 0 Å². The molecule has 1 aromatic rings. The highest BCUT2D eigenvalue weighted by Gasteiger charge is 2.23. The zero-order valence-corrected chi connectivity index (χ0v) is 9.69. The molecule has 88 valence electrons. The molecule has 0 aliphatic carbocycles. The number of nitrogens with two attached hydrogens (primary N) is 1. The van der Waals surface area contributed by atoms with Crippen LogP contribution in [0.25, 0.3) is 0 Å². The van der Waals surface area contributed by atoms with Crippen LogP contribution in [0.1, 0.15) is 18.4 Å². The first-order valence-corrected chi connectivity index (χ1v) is 5.80. The Morgan fingerprint density at radius 3 is 3.00 bits per heavy atom. The second-order valence-corrected chi connectivity index (χ2v) is 4.23. The third-order valence-electron chi connectivity index (χ3n) is 3.09. The molecule has 0 radical (unpaired) electrons. The monoisotopic (exact) mass is 221 g/mol. The van der Waals surface area contributed by atoms with E-state index in [-0.39, 0.29) is 12.1 Å². The van der Waals surface area contributed by atoms with Gasteiger partial charge >= 0.3 is 0 Å². The largest absolute Gasteiger partial charge is 0.496 e. The lowest BCUT2D eigenvalue weighted by Gasteiger charge is -2.19. The van der Waals surface area contributed by atoms with Crippen molar-refractivity contribution in [2.24, 2.45) is 5.73 Å². The summed E-state index contributed by atoms with van der Waals surface area (Å²) in [6.07, 6.45) is 3.24. The summed E-state index contributed by atoms with van der Waals surface area (Å²) in [5.74, 6) is 0.913. The molecule has 3 heteroatoms. The second-order valence-electron chi connectivity index (χ2n) is 4.23. The van der Waals surface area contributed by atoms with Crippen LogP contribution in [0.5, 0.6) is 5.75 Å². The quantitative estimate of drug-likeness (QED) is 0.842. The van der Waals surface area contributed by atoms with Crippen LogP contribution >= 0.6 is 0 Å². The van der Waals surface area contributed by atoms with Gasteiger partial charge in [0.2, 0.25) is 0 Å². The molecule has 0 aromatic heterocycles. The van der Waals surface area contributed by atoms with E-state index in [9.17, 15) is 0 Å². The standard InChI is InChI=1S/C13H19NO2/c1-15-12-6-3-2-5-10(12)9-11(14)13-7-4-8-16-13/h2-3,5-6,11,13H,4,7-9,14H2,1H3. The number of hydrogen-bond acceptors (Lipinski definition) is 3. The molecule has 2 atom stereocenters. The predicted octanol–water partition coefficient (Wildman–Crippen LogP) is 1.74. The number of rotatable bonds is 4. The summed E-state index contributed by atoms with van der Waals surface area (Å²) < 4.78 is 10.9. The van der Waals surface area contributed by atoms with Crippen LogP contribution in [0.3, 0.4) is 0 Å². The third kappa shape index (κ3) is 2.54. The lowest BCUT2D eigenvalue weighted by atomic mass is 10.00. The van der Waals surface area contributed by atoms with E-state index in [0.717, 1.165) is 37.2 Å². The molecule has 3 nitrogen and oxygen atoms in total. The van der Waals surface area contributed by atoms with Crippen molar-refractivity contribution >= 4 is 0 Å². The van der Waals surface area contributed by atoms with Crippen molar-refractivity contribution in [2.45, 2.75) is 31.4 Å². The first-order chi connectivity index (χ1) is 7.81. The summed E-state index contributed by atoms with van der Waals surface area (Å²) in [7, 11) is 1.69. The molecule has 2 unspecified atom stereocenters. The highest BCUT2D eigenvalue weighted by molar-refractivity contribution is 5.33. The molecule has 16 heavy (non-hydrogen) atoms. The normalized spacial score (nSPS) is 22.0. The molecule has 0 amide bonds. The Balaban J connectivity index is 2.01. The van der Waals surface area contributed by atoms with Gasteiger partial charge in [0.1, 0.15) is 5.75 Å². The maximum atomic E-state index is 6.15. The molecule has 1 aliphatic rings. The highest BCUT2D eigenvalue weighted by atomic mass is 16.5. The van der Waals surface area contributed by atoms with Crippen LogP contribution in [-0.2, 0) is 11.2 Å². The molecule has 0 spiro atoms. The van der Waals surface area contributed by atoms with E-state index < -0.39 is 0 Å². The summed E-state index contributed by atoms with van der Waals surface area (Å²) in [5.41, 5.74) is 7.31. The van der Waals surface area contributed by atoms with E-state index in [1.165, 1.54) is 0 Å². The molecule has 1 heterocycles. The summed E-state index contributed by atoms with van der Waals surface area (Å²) >= 11 is 0. The van der Waals surface area contributed by atoms with E-state index in [4.69, 9.17) is 15.2 Å². The highest BCUT2D eigenvalue weighted by Crippen LogP contribution is 2.22. The minimum Gasteiger partial charge on any atom is -0.496 e. The van der Waals surface area contributed by atoms with E-state index in [1.807, 2.05) is 18.2 Å². The topological polar surface area (TPSA) is 44.5 Å². The van der Waals surface area contributed by atoms with Gasteiger partial charge in [0.15, 0.2) is 0 Å². The van der Waals surface area contributed by atoms with Gasteiger partial charge in [-0.15, -0.1) is 0 Å². The van der Waals surface area contributed by atoms with Crippen LogP contribution in [0, 0.1) is 0 Å². The second kappa shape index (κ2) is 5.32. The molecule has 2 N–H and O–H groups in total. The van der Waals surface area contributed by atoms with Crippen LogP contribution in [0.15, 0.2) is 24.3 Å². The summed E-state index contributed by atoms with van der Waals surface area (Å²) in [6, 6.07) is 8.09. The van der Waals surface area contributed by atoms with E-state index >= 15 is 0 Å². The molecule has 0 saturated carbocycles. The summed E-state index contributed by atoms with van der Waals surface area (Å²) in [6.45, 7) is 0.851. The van der Waals surface area contributed by atoms with Crippen molar-refractivity contribution in [3.8, 4) is 5.75 Å². The number of methoxy groups -OCH3 is 1. The maximum absolute atomic E-state index is 6.15. The SMILES string of the molecule is COc1ccccc1CC(N)C1CCCO1. The number of benzene rings is 1. The maximum Gasteiger partial charge on any atom is 0.122 e. The lowest BCUT2D eigenvalue weighted by Crippen LogP contribution is -2.36. The Bertz CT molecular complexity index is 334. The average molecular weight is 221 g/mol. The number of hydrogen-bond donors (Lipinski definition) is 1. The van der Waals surface area contributed by atoms with Gasteiger partial charge in [-0.25, -0.2) is 0 Å². The van der Waals surface area contributed by atoms with Crippen molar-refractivity contribution in [1.29, 1.82) is 0 Å². The number of para-hydroxylation sites is 1. The fourth-order valence-electron chi connectivity index (χ4n) is 2.20. The Hall–Kier alpha value is -1.06. The third-order valence-corrected chi connectivity index (χ3v) is 3.09. The van der Waals surface area contributed by atoms with E-state index in [1.54, 1.807) is 7.11 Å². The molecule has 1 aliphatic heterocycles. The Morgan fingerprint density at radius 1 is 1.50 bits per heavy atom. The lowest BCUT2D eigenvalue weighted by molar-refractivity contribution is 0.0898. The average Bonchev–Trinajstić information content (AvgIpc) is 2.83. The van der Waals surface area contributed by atoms with Crippen LogP contribution in [0.4, 0.5) is 0 Å². The fourth-order valence-corrected chi connectivity index (χ4v) is 2.20. The Labute approximate surface area is 96.5 Å². The molecule has 1 fully saturated rings. The van der Waals surface area contributed by atoms with Crippen LogP contribution < -0.4 is 10.5 Å². The van der Waals surface area contributed by atoms with E-state index in [2.05, 4.69) is 6.07 Å². The van der Waals surface area contributed by atoms with Crippen molar-refractivity contribution in [1.82, 2.24) is 0 Å². The van der Waals surface area contributed by atoms with Crippen LogP contribution in [-0.4, -0.2) is 25.9 Å². The molecule has 1 saturated heterocycles. The van der Waals surface area contributed by atoms with Gasteiger partial charge in [0.25, 0.3) is 0 Å². The van der Waals surface area contributed by atoms with Gasteiger partial charge in [0.05, 0.1) is 13.2 Å². The molecule has 0 bridgehead atoms. The van der Waals surface area contributed by atoms with Gasteiger partial charge in [-0.05, 0) is 30.9 Å². The minimum absolute atomic E-state index is 0.0683. The molecule has 2 rings (SSSR count). The van der Waals surface area contributed by atoms with Crippen molar-refractivity contribution in [2.75, 3.05) is 13.7 Å². The smallest absolute Gasteiger partial charge is 0.122 e. The predicted molar refractivity (Wildman–Crippen MR) is 63.6 cm³/mol. The first-order valence-electron chi connectivity index (χ1n) is 5.80. The van der Waals surface area contributed by atoms with Crippen molar-refractivity contribution in [3.05, 3.63) is 29.8 Å².